The molecule has 0 aliphatic rings. The van der Waals surface area contributed by atoms with Crippen molar-refractivity contribution >= 4 is 29.1 Å². The zero-order valence-electron chi connectivity index (χ0n) is 15.7. The van der Waals surface area contributed by atoms with Gasteiger partial charge in [-0.05, 0) is 42.5 Å². The molecule has 0 fully saturated rings. The second-order valence-electron chi connectivity index (χ2n) is 6.18. The van der Waals surface area contributed by atoms with Crippen LogP contribution >= 0.6 is 11.3 Å². The minimum Gasteiger partial charge on any atom is -0.352 e. The molecule has 0 saturated carbocycles. The van der Waals surface area contributed by atoms with Gasteiger partial charge in [0, 0.05) is 37.0 Å². The van der Waals surface area contributed by atoms with Gasteiger partial charge < -0.3 is 15.5 Å². The number of nitrogens with one attached hydrogen (secondary N) is 2. The van der Waals surface area contributed by atoms with Crippen LogP contribution in [0.2, 0.25) is 0 Å². The molecular weight excluding hydrogens is 381 g/mol. The maximum absolute atomic E-state index is 12.9. The molecule has 0 radical (unpaired) electrons. The third-order valence-electron chi connectivity index (χ3n) is 4.11. The maximum atomic E-state index is 12.9. The van der Waals surface area contributed by atoms with Crippen molar-refractivity contribution in [2.24, 2.45) is 0 Å². The van der Waals surface area contributed by atoms with Crippen LogP contribution in [-0.2, 0) is 16.1 Å². The topological polar surface area (TPSA) is 78.5 Å². The zero-order chi connectivity index (χ0) is 20.4. The molecule has 1 aromatic carbocycles. The van der Waals surface area contributed by atoms with E-state index in [9.17, 15) is 18.8 Å². The van der Waals surface area contributed by atoms with Crippen LogP contribution in [0.15, 0.2) is 41.1 Å². The number of hydrogen-bond donors (Lipinski definition) is 2. The van der Waals surface area contributed by atoms with Crippen molar-refractivity contribution in [2.75, 3.05) is 19.6 Å². The molecule has 150 valence electrons. The third kappa shape index (κ3) is 7.11. The summed E-state index contributed by atoms with van der Waals surface area (Å²) in [5.41, 5.74) is 1.40. The fourth-order valence-corrected chi connectivity index (χ4v) is 3.14. The lowest BCUT2D eigenvalue weighted by Crippen LogP contribution is -2.40. The second kappa shape index (κ2) is 11.2. The van der Waals surface area contributed by atoms with Gasteiger partial charge in [0.1, 0.15) is 5.82 Å². The maximum Gasteiger partial charge on any atom is 0.252 e. The molecule has 2 N–H and O–H groups in total. The summed E-state index contributed by atoms with van der Waals surface area (Å²) >= 11 is 1.45. The highest BCUT2D eigenvalue weighted by Gasteiger charge is 2.15. The van der Waals surface area contributed by atoms with Crippen LogP contribution in [0.5, 0.6) is 0 Å². The third-order valence-corrected chi connectivity index (χ3v) is 4.79. The number of thiophene rings is 1. The molecule has 6 nitrogen and oxygen atoms in total. The molecule has 0 saturated heterocycles. The second-order valence-corrected chi connectivity index (χ2v) is 6.96. The van der Waals surface area contributed by atoms with Crippen molar-refractivity contribution in [3.8, 4) is 0 Å². The Morgan fingerprint density at radius 1 is 1.11 bits per heavy atom. The first-order chi connectivity index (χ1) is 13.5. The minimum atomic E-state index is -0.329. The molecule has 2 aromatic rings. The van der Waals surface area contributed by atoms with E-state index in [1.165, 1.54) is 28.4 Å². The van der Waals surface area contributed by atoms with E-state index in [4.69, 9.17) is 0 Å². The molecule has 8 heteroatoms. The predicted molar refractivity (Wildman–Crippen MR) is 106 cm³/mol. The molecule has 0 bridgehead atoms. The normalized spacial score (nSPS) is 10.4. The standard InChI is InChI=1S/C20H24FN3O3S/c1-2-24(13-18(25)23-12-15-5-7-17(21)8-6-15)19(26)4-3-10-22-20(27)16-9-11-28-14-16/h5-9,11,14H,2-4,10,12-13H2,1H3,(H,22,27)(H,23,25). The van der Waals surface area contributed by atoms with Crippen LogP contribution in [0.1, 0.15) is 35.7 Å². The summed E-state index contributed by atoms with van der Waals surface area (Å²) in [6.45, 7) is 2.87. The Morgan fingerprint density at radius 2 is 1.86 bits per heavy atom. The first-order valence-electron chi connectivity index (χ1n) is 9.09. The Hall–Kier alpha value is -2.74. The van der Waals surface area contributed by atoms with Crippen LogP contribution in [-0.4, -0.2) is 42.3 Å². The molecule has 0 aliphatic carbocycles. The van der Waals surface area contributed by atoms with Crippen LogP contribution in [0.4, 0.5) is 4.39 Å². The number of carbonyl (C=O) groups excluding carboxylic acids is 3. The Balaban J connectivity index is 1.67. The molecule has 1 aromatic heterocycles. The lowest BCUT2D eigenvalue weighted by atomic mass is 10.2. The summed E-state index contributed by atoms with van der Waals surface area (Å²) in [6.07, 6.45) is 0.755. The van der Waals surface area contributed by atoms with Crippen molar-refractivity contribution in [2.45, 2.75) is 26.3 Å². The summed E-state index contributed by atoms with van der Waals surface area (Å²) in [6, 6.07) is 7.61. The Labute approximate surface area is 167 Å². The summed E-state index contributed by atoms with van der Waals surface area (Å²) < 4.78 is 12.9. The van der Waals surface area contributed by atoms with Gasteiger partial charge in [0.25, 0.3) is 5.91 Å². The average molecular weight is 405 g/mol. The van der Waals surface area contributed by atoms with E-state index in [0.717, 1.165) is 5.56 Å². The largest absolute Gasteiger partial charge is 0.352 e. The summed E-state index contributed by atoms with van der Waals surface area (Å²) in [5.74, 6) is -0.889. The van der Waals surface area contributed by atoms with E-state index in [2.05, 4.69) is 10.6 Å². The highest BCUT2D eigenvalue weighted by atomic mass is 32.1. The van der Waals surface area contributed by atoms with Crippen molar-refractivity contribution in [1.82, 2.24) is 15.5 Å². The Bertz CT molecular complexity index is 779. The van der Waals surface area contributed by atoms with E-state index < -0.39 is 0 Å². The Kier molecular flexibility index (Phi) is 8.61. The lowest BCUT2D eigenvalue weighted by molar-refractivity contribution is -0.136. The van der Waals surface area contributed by atoms with E-state index >= 15 is 0 Å². The van der Waals surface area contributed by atoms with E-state index in [-0.39, 0.29) is 43.0 Å². The van der Waals surface area contributed by atoms with E-state index in [1.54, 1.807) is 23.6 Å². The van der Waals surface area contributed by atoms with Crippen LogP contribution in [0.3, 0.4) is 0 Å². The monoisotopic (exact) mass is 405 g/mol. The van der Waals surface area contributed by atoms with Crippen molar-refractivity contribution in [1.29, 1.82) is 0 Å². The molecular formula is C20H24FN3O3S. The molecule has 0 unspecified atom stereocenters. The molecule has 1 heterocycles. The highest BCUT2D eigenvalue weighted by molar-refractivity contribution is 7.08. The predicted octanol–water partition coefficient (Wildman–Crippen LogP) is 2.56. The smallest absolute Gasteiger partial charge is 0.252 e. The SMILES string of the molecule is CCN(CC(=O)NCc1ccc(F)cc1)C(=O)CCCNC(=O)c1ccsc1. The molecule has 3 amide bonds. The van der Waals surface area contributed by atoms with Gasteiger partial charge in [-0.3, -0.25) is 14.4 Å². The molecule has 28 heavy (non-hydrogen) atoms. The Morgan fingerprint density at radius 3 is 2.50 bits per heavy atom. The molecule has 0 atom stereocenters. The molecule has 0 aliphatic heterocycles. The average Bonchev–Trinajstić information content (AvgIpc) is 3.23. The number of halogens is 1. The van der Waals surface area contributed by atoms with Gasteiger partial charge in [0.2, 0.25) is 11.8 Å². The van der Waals surface area contributed by atoms with Crippen molar-refractivity contribution < 1.29 is 18.8 Å². The fourth-order valence-electron chi connectivity index (χ4n) is 2.50. The first kappa shape index (κ1) is 21.6. The number of rotatable bonds is 10. The number of nitrogens with zero attached hydrogens (tertiary/aromatic N) is 1. The fraction of sp³-hybridized carbons (Fsp3) is 0.350. The van der Waals surface area contributed by atoms with Crippen molar-refractivity contribution in [3.05, 3.63) is 58.0 Å². The first-order valence-corrected chi connectivity index (χ1v) is 10.0. The summed E-state index contributed by atoms with van der Waals surface area (Å²) in [7, 11) is 0. The number of hydrogen-bond acceptors (Lipinski definition) is 4. The summed E-state index contributed by atoms with van der Waals surface area (Å²) in [5, 5.41) is 9.10. The number of amides is 3. The van der Waals surface area contributed by atoms with Gasteiger partial charge in [0.15, 0.2) is 0 Å². The van der Waals surface area contributed by atoms with E-state index in [0.29, 0.717) is 25.1 Å². The number of carbonyl (C=O) groups is 3. The zero-order valence-corrected chi connectivity index (χ0v) is 16.6. The quantitative estimate of drug-likeness (QED) is 0.597. The van der Waals surface area contributed by atoms with Gasteiger partial charge in [-0.2, -0.15) is 11.3 Å². The van der Waals surface area contributed by atoms with E-state index in [1.807, 2.05) is 12.3 Å². The minimum absolute atomic E-state index is 0.0300. The van der Waals surface area contributed by atoms with Crippen LogP contribution in [0, 0.1) is 5.82 Å². The number of benzene rings is 1. The van der Waals surface area contributed by atoms with Crippen LogP contribution < -0.4 is 10.6 Å². The summed E-state index contributed by atoms with van der Waals surface area (Å²) in [4.78, 5) is 37.7. The van der Waals surface area contributed by atoms with Gasteiger partial charge in [-0.15, -0.1) is 0 Å². The van der Waals surface area contributed by atoms with Gasteiger partial charge >= 0.3 is 0 Å². The number of likely N-dealkylation sites (N-methyl/N-ethyl adjacent to an activating group) is 1. The van der Waals surface area contributed by atoms with Crippen LogP contribution in [0.25, 0.3) is 0 Å². The molecule has 2 rings (SSSR count). The van der Waals surface area contributed by atoms with Gasteiger partial charge in [-0.1, -0.05) is 12.1 Å². The lowest BCUT2D eigenvalue weighted by Gasteiger charge is -2.20. The van der Waals surface area contributed by atoms with Crippen molar-refractivity contribution in [3.63, 3.8) is 0 Å². The van der Waals surface area contributed by atoms with Gasteiger partial charge in [-0.25, -0.2) is 4.39 Å². The molecule has 0 spiro atoms. The van der Waals surface area contributed by atoms with Gasteiger partial charge in [0.05, 0.1) is 6.54 Å². The highest BCUT2D eigenvalue weighted by Crippen LogP contribution is 2.06.